The smallest absolute Gasteiger partial charge is 0.305 e. The molecule has 0 bridgehead atoms. The van der Waals surface area contributed by atoms with Crippen LogP contribution in [0, 0.1) is 0 Å². The number of unbranched alkanes of at least 4 members (excludes halogenated alkanes) is 48. The van der Waals surface area contributed by atoms with Crippen molar-refractivity contribution >= 4 is 5.97 Å². The zero-order valence-corrected chi connectivity index (χ0v) is 40.1. The first-order chi connectivity index (χ1) is 28.3. The van der Waals surface area contributed by atoms with Gasteiger partial charge in [0.2, 0.25) is 0 Å². The fraction of sp³-hybridized carbons (Fsp3) is 0.982. The number of esters is 1. The molecule has 0 aliphatic carbocycles. The van der Waals surface area contributed by atoms with Crippen LogP contribution in [0.3, 0.4) is 0 Å². The number of ether oxygens (including phenoxy) is 1. The van der Waals surface area contributed by atoms with Crippen molar-refractivity contribution in [1.29, 1.82) is 0 Å². The molecule has 0 radical (unpaired) electrons. The summed E-state index contributed by atoms with van der Waals surface area (Å²) in [7, 11) is 0. The highest BCUT2D eigenvalue weighted by atomic mass is 16.5. The van der Waals surface area contributed by atoms with E-state index in [-0.39, 0.29) is 5.97 Å². The van der Waals surface area contributed by atoms with Crippen molar-refractivity contribution in [2.45, 2.75) is 341 Å². The molecule has 0 spiro atoms. The largest absolute Gasteiger partial charge is 0.466 e. The molecule has 57 heavy (non-hydrogen) atoms. The zero-order chi connectivity index (χ0) is 41.1. The molecule has 0 rings (SSSR count). The molecule has 0 atom stereocenters. The van der Waals surface area contributed by atoms with Gasteiger partial charge in [-0.1, -0.05) is 322 Å². The van der Waals surface area contributed by atoms with E-state index >= 15 is 0 Å². The van der Waals surface area contributed by atoms with Crippen LogP contribution >= 0.6 is 0 Å². The van der Waals surface area contributed by atoms with Crippen LogP contribution in [0.15, 0.2) is 0 Å². The van der Waals surface area contributed by atoms with E-state index < -0.39 is 0 Å². The number of carbonyl (C=O) groups excluding carboxylic acids is 1. The van der Waals surface area contributed by atoms with Crippen molar-refractivity contribution in [3.05, 3.63) is 0 Å². The molecular formula is C55H110O2. The molecule has 0 aromatic carbocycles. The summed E-state index contributed by atoms with van der Waals surface area (Å²) in [5.41, 5.74) is 0. The van der Waals surface area contributed by atoms with E-state index in [0.29, 0.717) is 13.0 Å². The summed E-state index contributed by atoms with van der Waals surface area (Å²) in [6.45, 7) is 5.24. The van der Waals surface area contributed by atoms with Gasteiger partial charge in [-0.25, -0.2) is 0 Å². The van der Waals surface area contributed by atoms with E-state index in [1.807, 2.05) is 0 Å². The van der Waals surface area contributed by atoms with E-state index in [0.717, 1.165) is 12.8 Å². The summed E-state index contributed by atoms with van der Waals surface area (Å²) in [5.74, 6) is 0.0332. The van der Waals surface area contributed by atoms with Crippen molar-refractivity contribution < 1.29 is 9.53 Å². The Hall–Kier alpha value is -0.530. The topological polar surface area (TPSA) is 26.3 Å². The van der Waals surface area contributed by atoms with Gasteiger partial charge in [0.1, 0.15) is 0 Å². The predicted octanol–water partition coefficient (Wildman–Crippen LogP) is 20.5. The Balaban J connectivity index is 3.12. The first-order valence-corrected chi connectivity index (χ1v) is 27.5. The van der Waals surface area contributed by atoms with Crippen molar-refractivity contribution in [1.82, 2.24) is 0 Å². The minimum absolute atomic E-state index is 0.0332. The Morgan fingerprint density at radius 1 is 0.228 bits per heavy atom. The van der Waals surface area contributed by atoms with Crippen LogP contribution in [0.1, 0.15) is 341 Å². The lowest BCUT2D eigenvalue weighted by Gasteiger charge is -2.06. The molecule has 0 aliphatic rings. The van der Waals surface area contributed by atoms with E-state index in [1.165, 1.54) is 308 Å². The highest BCUT2D eigenvalue weighted by Gasteiger charge is 2.03. The average molecular weight is 803 g/mol. The SMILES string of the molecule is CCCCCCCCCCCCCCCCCCCCCCCCCCCCCCCCCCCCCCC(=O)OCCCCCCCCCCCCCCCC. The van der Waals surface area contributed by atoms with E-state index in [9.17, 15) is 4.79 Å². The Labute approximate surface area is 362 Å². The van der Waals surface area contributed by atoms with E-state index in [2.05, 4.69) is 13.8 Å². The van der Waals surface area contributed by atoms with Gasteiger partial charge in [0.05, 0.1) is 6.61 Å². The standard InChI is InChI=1S/C55H110O2/c1-3-5-7-9-11-13-15-17-19-20-21-22-23-24-25-26-27-28-29-30-31-32-33-34-35-36-37-38-39-40-41-43-45-47-49-51-53-55(56)57-54-52-50-48-46-44-42-18-16-14-12-10-8-6-4-2/h3-54H2,1-2H3. The van der Waals surface area contributed by atoms with Gasteiger partial charge in [-0.15, -0.1) is 0 Å². The molecule has 0 fully saturated rings. The third-order valence-corrected chi connectivity index (χ3v) is 13.0. The second-order valence-corrected chi connectivity index (χ2v) is 18.9. The molecule has 0 saturated carbocycles. The van der Waals surface area contributed by atoms with Crippen molar-refractivity contribution in [3.8, 4) is 0 Å². The van der Waals surface area contributed by atoms with Crippen LogP contribution in [-0.4, -0.2) is 12.6 Å². The van der Waals surface area contributed by atoms with Gasteiger partial charge in [-0.05, 0) is 12.8 Å². The third-order valence-electron chi connectivity index (χ3n) is 13.0. The molecule has 2 heteroatoms. The lowest BCUT2D eigenvalue weighted by molar-refractivity contribution is -0.143. The second kappa shape index (κ2) is 53.5. The van der Waals surface area contributed by atoms with Gasteiger partial charge in [0.15, 0.2) is 0 Å². The number of carbonyl (C=O) groups is 1. The Morgan fingerprint density at radius 2 is 0.386 bits per heavy atom. The highest BCUT2D eigenvalue weighted by molar-refractivity contribution is 5.69. The van der Waals surface area contributed by atoms with Gasteiger partial charge in [-0.2, -0.15) is 0 Å². The average Bonchev–Trinajstić information content (AvgIpc) is 3.22. The minimum atomic E-state index is 0.0332. The molecule has 0 saturated heterocycles. The molecule has 342 valence electrons. The number of hydrogen-bond donors (Lipinski definition) is 0. The Morgan fingerprint density at radius 3 is 0.579 bits per heavy atom. The monoisotopic (exact) mass is 803 g/mol. The highest BCUT2D eigenvalue weighted by Crippen LogP contribution is 2.18. The van der Waals surface area contributed by atoms with Gasteiger partial charge in [-0.3, -0.25) is 4.79 Å². The molecule has 2 nitrogen and oxygen atoms in total. The fourth-order valence-corrected chi connectivity index (χ4v) is 8.91. The summed E-state index contributed by atoms with van der Waals surface area (Å²) < 4.78 is 5.48. The first-order valence-electron chi connectivity index (χ1n) is 27.5. The maximum atomic E-state index is 12.0. The molecular weight excluding hydrogens is 693 g/mol. The van der Waals surface area contributed by atoms with Crippen LogP contribution < -0.4 is 0 Å². The fourth-order valence-electron chi connectivity index (χ4n) is 8.91. The van der Waals surface area contributed by atoms with Crippen LogP contribution in [0.2, 0.25) is 0 Å². The van der Waals surface area contributed by atoms with Gasteiger partial charge < -0.3 is 4.74 Å². The molecule has 0 heterocycles. The normalized spacial score (nSPS) is 11.5. The van der Waals surface area contributed by atoms with Gasteiger partial charge in [0.25, 0.3) is 0 Å². The van der Waals surface area contributed by atoms with E-state index in [4.69, 9.17) is 4.74 Å². The summed E-state index contributed by atoms with van der Waals surface area (Å²) >= 11 is 0. The Bertz CT molecular complexity index is 703. The summed E-state index contributed by atoms with van der Waals surface area (Å²) in [4.78, 5) is 12.0. The van der Waals surface area contributed by atoms with Crippen LogP contribution in [0.25, 0.3) is 0 Å². The quantitative estimate of drug-likeness (QED) is 0.0452. The van der Waals surface area contributed by atoms with Crippen molar-refractivity contribution in [2.75, 3.05) is 6.61 Å². The van der Waals surface area contributed by atoms with Crippen LogP contribution in [0.4, 0.5) is 0 Å². The Kier molecular flexibility index (Phi) is 53.0. The van der Waals surface area contributed by atoms with Crippen LogP contribution in [0.5, 0.6) is 0 Å². The summed E-state index contributed by atoms with van der Waals surface area (Å²) in [5, 5.41) is 0. The second-order valence-electron chi connectivity index (χ2n) is 18.9. The zero-order valence-electron chi connectivity index (χ0n) is 40.1. The molecule has 0 amide bonds. The molecule has 0 N–H and O–H groups in total. The minimum Gasteiger partial charge on any atom is -0.466 e. The maximum Gasteiger partial charge on any atom is 0.305 e. The van der Waals surface area contributed by atoms with E-state index in [1.54, 1.807) is 0 Å². The molecule has 0 unspecified atom stereocenters. The van der Waals surface area contributed by atoms with Gasteiger partial charge in [0, 0.05) is 6.42 Å². The molecule has 0 aliphatic heterocycles. The molecule has 0 aromatic heterocycles. The predicted molar refractivity (Wildman–Crippen MR) is 258 cm³/mol. The lowest BCUT2D eigenvalue weighted by atomic mass is 10.0. The lowest BCUT2D eigenvalue weighted by Crippen LogP contribution is -2.05. The van der Waals surface area contributed by atoms with Crippen molar-refractivity contribution in [3.63, 3.8) is 0 Å². The third kappa shape index (κ3) is 53.5. The van der Waals surface area contributed by atoms with Gasteiger partial charge >= 0.3 is 5.97 Å². The first kappa shape index (κ1) is 56.5. The maximum absolute atomic E-state index is 12.0. The van der Waals surface area contributed by atoms with Crippen LogP contribution in [-0.2, 0) is 9.53 Å². The number of rotatable bonds is 52. The molecule has 0 aromatic rings. The number of hydrogen-bond acceptors (Lipinski definition) is 2. The summed E-state index contributed by atoms with van der Waals surface area (Å²) in [6, 6.07) is 0. The van der Waals surface area contributed by atoms with Crippen molar-refractivity contribution in [2.24, 2.45) is 0 Å². The summed E-state index contributed by atoms with van der Waals surface area (Å²) in [6.07, 6.45) is 71.4.